The first kappa shape index (κ1) is 9.48. The number of carbonyl (C=O) groups is 1. The normalized spacial score (nSPS) is 25.6. The molecule has 1 aliphatic rings. The van der Waals surface area contributed by atoms with Crippen molar-refractivity contribution in [2.24, 2.45) is 0 Å². The molecular formula is C8H15NO3. The summed E-state index contributed by atoms with van der Waals surface area (Å²) in [6.07, 6.45) is 2.32. The molecule has 0 aliphatic carbocycles. The van der Waals surface area contributed by atoms with Gasteiger partial charge < -0.3 is 15.2 Å². The summed E-state index contributed by atoms with van der Waals surface area (Å²) in [4.78, 5) is 10.2. The minimum Gasteiger partial charge on any atom is -0.480 e. The van der Waals surface area contributed by atoms with Crippen molar-refractivity contribution in [3.63, 3.8) is 0 Å². The highest BCUT2D eigenvalue weighted by Gasteiger charge is 2.21. The zero-order valence-electron chi connectivity index (χ0n) is 7.25. The number of hydrogen-bond acceptors (Lipinski definition) is 3. The van der Waals surface area contributed by atoms with Gasteiger partial charge in [0.2, 0.25) is 0 Å². The lowest BCUT2D eigenvalue weighted by Crippen LogP contribution is -2.39. The van der Waals surface area contributed by atoms with Crippen molar-refractivity contribution >= 4 is 5.97 Å². The van der Waals surface area contributed by atoms with E-state index in [1.807, 2.05) is 6.92 Å². The number of carboxylic acids is 1. The molecule has 2 N–H and O–H groups in total. The summed E-state index contributed by atoms with van der Waals surface area (Å²) in [5.74, 6) is -0.820. The average molecular weight is 173 g/mol. The fourth-order valence-electron chi connectivity index (χ4n) is 1.38. The van der Waals surface area contributed by atoms with Gasteiger partial charge in [-0.2, -0.15) is 0 Å². The Kier molecular flexibility index (Phi) is 3.49. The molecular weight excluding hydrogens is 158 g/mol. The van der Waals surface area contributed by atoms with E-state index in [0.717, 1.165) is 19.4 Å². The Balaban J connectivity index is 2.17. The lowest BCUT2D eigenvalue weighted by Gasteiger charge is -2.18. The molecule has 70 valence electrons. The number of nitrogens with one attached hydrogen (secondary N) is 1. The van der Waals surface area contributed by atoms with E-state index < -0.39 is 5.97 Å². The van der Waals surface area contributed by atoms with E-state index in [1.54, 1.807) is 0 Å². The maximum absolute atomic E-state index is 10.2. The smallest absolute Gasteiger partial charge is 0.317 e. The van der Waals surface area contributed by atoms with Crippen molar-refractivity contribution in [3.8, 4) is 0 Å². The van der Waals surface area contributed by atoms with Gasteiger partial charge in [-0.05, 0) is 19.8 Å². The summed E-state index contributed by atoms with van der Waals surface area (Å²) in [7, 11) is 0. The number of rotatable bonds is 4. The Morgan fingerprint density at radius 3 is 3.08 bits per heavy atom. The van der Waals surface area contributed by atoms with Crippen LogP contribution in [0.15, 0.2) is 0 Å². The molecule has 4 heteroatoms. The van der Waals surface area contributed by atoms with Crippen LogP contribution in [0.25, 0.3) is 0 Å². The van der Waals surface area contributed by atoms with Crippen molar-refractivity contribution < 1.29 is 14.6 Å². The maximum atomic E-state index is 10.2. The molecule has 0 aromatic rings. The molecule has 0 bridgehead atoms. The second-order valence-corrected chi connectivity index (χ2v) is 3.11. The van der Waals surface area contributed by atoms with Gasteiger partial charge in [-0.25, -0.2) is 0 Å². The van der Waals surface area contributed by atoms with Crippen molar-refractivity contribution in [1.29, 1.82) is 0 Å². The van der Waals surface area contributed by atoms with E-state index >= 15 is 0 Å². The molecule has 1 saturated heterocycles. The third-order valence-corrected chi connectivity index (χ3v) is 2.10. The summed E-state index contributed by atoms with van der Waals surface area (Å²) >= 11 is 0. The van der Waals surface area contributed by atoms with Gasteiger partial charge in [0.15, 0.2) is 0 Å². The van der Waals surface area contributed by atoms with Crippen LogP contribution in [-0.4, -0.2) is 36.4 Å². The third kappa shape index (κ3) is 2.79. The van der Waals surface area contributed by atoms with Crippen LogP contribution in [0.2, 0.25) is 0 Å². The molecule has 2 unspecified atom stereocenters. The lowest BCUT2D eigenvalue weighted by molar-refractivity contribution is -0.136. The molecule has 1 rings (SSSR count). The third-order valence-electron chi connectivity index (χ3n) is 2.10. The fraction of sp³-hybridized carbons (Fsp3) is 0.875. The van der Waals surface area contributed by atoms with Crippen LogP contribution in [0.5, 0.6) is 0 Å². The molecule has 12 heavy (non-hydrogen) atoms. The van der Waals surface area contributed by atoms with E-state index in [1.165, 1.54) is 0 Å². The first-order chi connectivity index (χ1) is 5.70. The van der Waals surface area contributed by atoms with E-state index in [4.69, 9.17) is 9.84 Å². The largest absolute Gasteiger partial charge is 0.480 e. The summed E-state index contributed by atoms with van der Waals surface area (Å²) in [6, 6.07) is 0.142. The molecule has 4 nitrogen and oxygen atoms in total. The number of carboxylic acid groups (broad SMARTS) is 1. The zero-order chi connectivity index (χ0) is 8.97. The number of ether oxygens (including phenoxy) is 1. The Labute approximate surface area is 71.9 Å². The molecule has 1 fully saturated rings. The van der Waals surface area contributed by atoms with E-state index in [-0.39, 0.29) is 18.7 Å². The van der Waals surface area contributed by atoms with Crippen molar-refractivity contribution in [2.75, 3.05) is 13.2 Å². The van der Waals surface area contributed by atoms with Gasteiger partial charge in [0.25, 0.3) is 0 Å². The van der Waals surface area contributed by atoms with E-state index in [2.05, 4.69) is 5.32 Å². The minimum absolute atomic E-state index is 0.0149. The summed E-state index contributed by atoms with van der Waals surface area (Å²) in [6.45, 7) is 2.78. The fourth-order valence-corrected chi connectivity index (χ4v) is 1.38. The monoisotopic (exact) mass is 173 g/mol. The molecule has 0 aromatic carbocycles. The van der Waals surface area contributed by atoms with Gasteiger partial charge in [0, 0.05) is 12.6 Å². The number of hydrogen-bond donors (Lipinski definition) is 2. The predicted molar refractivity (Wildman–Crippen MR) is 44.1 cm³/mol. The molecule has 0 aromatic heterocycles. The van der Waals surface area contributed by atoms with Crippen LogP contribution < -0.4 is 5.32 Å². The van der Waals surface area contributed by atoms with Crippen molar-refractivity contribution in [2.45, 2.75) is 31.9 Å². The SMILES string of the molecule is CC(NCC(=O)O)C1CCCO1. The Hall–Kier alpha value is -0.610. The van der Waals surface area contributed by atoms with Gasteiger partial charge in [-0.3, -0.25) is 4.79 Å². The molecule has 1 heterocycles. The standard InChI is InChI=1S/C8H15NO3/c1-6(9-5-8(10)11)7-3-2-4-12-7/h6-7,9H,2-5H2,1H3,(H,10,11). The summed E-state index contributed by atoms with van der Waals surface area (Å²) in [5.41, 5.74) is 0. The van der Waals surface area contributed by atoms with Gasteiger partial charge in [-0.1, -0.05) is 0 Å². The van der Waals surface area contributed by atoms with E-state index in [0.29, 0.717) is 0 Å². The van der Waals surface area contributed by atoms with Crippen molar-refractivity contribution in [1.82, 2.24) is 5.32 Å². The topological polar surface area (TPSA) is 58.6 Å². The highest BCUT2D eigenvalue weighted by atomic mass is 16.5. The zero-order valence-corrected chi connectivity index (χ0v) is 7.25. The second-order valence-electron chi connectivity index (χ2n) is 3.11. The lowest BCUT2D eigenvalue weighted by atomic mass is 10.1. The van der Waals surface area contributed by atoms with Crippen LogP contribution in [0.3, 0.4) is 0 Å². The Morgan fingerprint density at radius 2 is 2.58 bits per heavy atom. The minimum atomic E-state index is -0.820. The summed E-state index contributed by atoms with van der Waals surface area (Å²) in [5, 5.41) is 11.3. The molecule has 0 spiro atoms. The van der Waals surface area contributed by atoms with Crippen LogP contribution in [-0.2, 0) is 9.53 Å². The van der Waals surface area contributed by atoms with Crippen LogP contribution in [0.4, 0.5) is 0 Å². The summed E-state index contributed by atoms with van der Waals surface area (Å²) < 4.78 is 5.39. The average Bonchev–Trinajstić information content (AvgIpc) is 2.51. The molecule has 1 aliphatic heterocycles. The van der Waals surface area contributed by atoms with Crippen LogP contribution in [0.1, 0.15) is 19.8 Å². The van der Waals surface area contributed by atoms with E-state index in [9.17, 15) is 4.79 Å². The maximum Gasteiger partial charge on any atom is 0.317 e. The molecule has 0 radical (unpaired) electrons. The highest BCUT2D eigenvalue weighted by molar-refractivity contribution is 5.69. The van der Waals surface area contributed by atoms with Crippen molar-refractivity contribution in [3.05, 3.63) is 0 Å². The number of aliphatic carboxylic acids is 1. The Morgan fingerprint density at radius 1 is 1.83 bits per heavy atom. The first-order valence-corrected chi connectivity index (χ1v) is 4.27. The molecule has 0 saturated carbocycles. The first-order valence-electron chi connectivity index (χ1n) is 4.27. The Bertz CT molecular complexity index is 154. The quantitative estimate of drug-likeness (QED) is 0.639. The van der Waals surface area contributed by atoms with Gasteiger partial charge in [0.1, 0.15) is 0 Å². The molecule has 2 atom stereocenters. The van der Waals surface area contributed by atoms with Crippen LogP contribution in [0, 0.1) is 0 Å². The van der Waals surface area contributed by atoms with Crippen LogP contribution >= 0.6 is 0 Å². The second kappa shape index (κ2) is 4.42. The molecule has 0 amide bonds. The predicted octanol–water partition coefficient (Wildman–Crippen LogP) is 0.228. The van der Waals surface area contributed by atoms with Gasteiger partial charge in [-0.15, -0.1) is 0 Å². The van der Waals surface area contributed by atoms with Gasteiger partial charge >= 0.3 is 5.97 Å². The van der Waals surface area contributed by atoms with Gasteiger partial charge in [0.05, 0.1) is 12.6 Å². The highest BCUT2D eigenvalue weighted by Crippen LogP contribution is 2.14.